The van der Waals surface area contributed by atoms with Crippen LogP contribution in [0.3, 0.4) is 0 Å². The molecule has 1 aromatic heterocycles. The highest BCUT2D eigenvalue weighted by Crippen LogP contribution is 2.45. The van der Waals surface area contributed by atoms with Gasteiger partial charge in [-0.15, -0.1) is 11.8 Å². The summed E-state index contributed by atoms with van der Waals surface area (Å²) >= 11 is 4.32. The van der Waals surface area contributed by atoms with Crippen LogP contribution in [0.25, 0.3) is 0 Å². The minimum atomic E-state index is -0.856. The maximum absolute atomic E-state index is 12.7. The molecule has 1 saturated heterocycles. The van der Waals surface area contributed by atoms with Crippen LogP contribution in [0.15, 0.2) is 29.8 Å². The molecule has 0 saturated carbocycles. The van der Waals surface area contributed by atoms with Gasteiger partial charge in [0, 0.05) is 5.75 Å². The maximum Gasteiger partial charge on any atom is 0.519 e. The largest absolute Gasteiger partial charge is 0.519 e. The summed E-state index contributed by atoms with van der Waals surface area (Å²) < 4.78 is 20.7. The number of nitrogens with two attached hydrogens (primary N) is 1. The van der Waals surface area contributed by atoms with Crippen LogP contribution in [-0.2, 0) is 20.9 Å². The zero-order valence-electron chi connectivity index (χ0n) is 14.6. The quantitative estimate of drug-likeness (QED) is 0.290. The van der Waals surface area contributed by atoms with E-state index in [2.05, 4.69) is 4.40 Å². The van der Waals surface area contributed by atoms with E-state index in [0.29, 0.717) is 11.6 Å². The van der Waals surface area contributed by atoms with E-state index in [-0.39, 0.29) is 35.1 Å². The molecule has 2 unspecified atom stereocenters. The standard InChI is InChI=1S/C15H16N4O6S3/c1-7-9(25-15(22)24-7)4-23-14(21)8-2-3-26-13-10(12(20)19(8)13)11(16)28-18-5-17-27-6-18/h2,5,10-11,13H,3-4,6,16H2,1H3/t10?,11?,13-/m0/s1. The van der Waals surface area contributed by atoms with Crippen LogP contribution in [-0.4, -0.2) is 49.8 Å². The summed E-state index contributed by atoms with van der Waals surface area (Å²) in [4.78, 5) is 37.7. The molecule has 1 amide bonds. The highest BCUT2D eigenvalue weighted by molar-refractivity contribution is 8.02. The number of rotatable bonds is 6. The molecule has 2 N–H and O–H groups in total. The zero-order valence-corrected chi connectivity index (χ0v) is 17.1. The smallest absolute Gasteiger partial charge is 0.453 e. The fourth-order valence-corrected chi connectivity index (χ4v) is 6.02. The second kappa shape index (κ2) is 7.89. The van der Waals surface area contributed by atoms with Gasteiger partial charge in [-0.05, 0) is 36.9 Å². The van der Waals surface area contributed by atoms with Gasteiger partial charge in [0.15, 0.2) is 18.1 Å². The van der Waals surface area contributed by atoms with Crippen molar-refractivity contribution in [3.8, 4) is 0 Å². The lowest BCUT2D eigenvalue weighted by atomic mass is 9.96. The number of carbonyl (C=O) groups excluding carboxylic acids is 2. The number of carbonyl (C=O) groups is 2. The molecule has 4 rings (SSSR count). The molecule has 4 heterocycles. The first kappa shape index (κ1) is 19.5. The summed E-state index contributed by atoms with van der Waals surface area (Å²) in [5, 5.41) is -0.659. The molecule has 0 spiro atoms. The van der Waals surface area contributed by atoms with Crippen molar-refractivity contribution in [3.63, 3.8) is 0 Å². The number of amides is 1. The number of hydrogen-bond donors (Lipinski definition) is 1. The molecule has 0 radical (unpaired) electrons. The van der Waals surface area contributed by atoms with E-state index in [1.165, 1.54) is 35.7 Å². The first-order valence-electron chi connectivity index (χ1n) is 8.21. The van der Waals surface area contributed by atoms with Crippen LogP contribution in [0, 0.1) is 12.8 Å². The third-order valence-corrected chi connectivity index (χ3v) is 7.35. The van der Waals surface area contributed by atoms with Crippen LogP contribution in [0.4, 0.5) is 0 Å². The molecule has 1 fully saturated rings. The van der Waals surface area contributed by atoms with Crippen molar-refractivity contribution in [2.75, 3.05) is 11.6 Å². The number of nitrogens with zero attached hydrogens (tertiary/aromatic N) is 3. The average Bonchev–Trinajstić information content (AvgIpc) is 3.27. The van der Waals surface area contributed by atoms with Crippen LogP contribution in [0.5, 0.6) is 0 Å². The van der Waals surface area contributed by atoms with E-state index in [9.17, 15) is 14.4 Å². The Labute approximate surface area is 172 Å². The van der Waals surface area contributed by atoms with Crippen molar-refractivity contribution in [1.29, 1.82) is 0 Å². The minimum absolute atomic E-state index is 0.136. The van der Waals surface area contributed by atoms with Crippen LogP contribution >= 0.6 is 35.7 Å². The summed E-state index contributed by atoms with van der Waals surface area (Å²) in [6.07, 6.45) is 3.33. The van der Waals surface area contributed by atoms with Crippen LogP contribution in [0.2, 0.25) is 0 Å². The fourth-order valence-electron chi connectivity index (χ4n) is 2.93. The van der Waals surface area contributed by atoms with Crippen molar-refractivity contribution >= 4 is 53.9 Å². The summed E-state index contributed by atoms with van der Waals surface area (Å²) in [6.45, 7) is 1.28. The Bertz CT molecular complexity index is 912. The first-order chi connectivity index (χ1) is 13.5. The number of thioether (sulfide) groups is 1. The lowest BCUT2D eigenvalue weighted by molar-refractivity contribution is -0.155. The van der Waals surface area contributed by atoms with Gasteiger partial charge in [0.2, 0.25) is 5.91 Å². The summed E-state index contributed by atoms with van der Waals surface area (Å²) in [5.41, 5.74) is 6.42. The summed E-state index contributed by atoms with van der Waals surface area (Å²) in [5.74, 6) is -0.507. The number of β-lactam (4-membered cyclic amide) rings is 1. The molecule has 28 heavy (non-hydrogen) atoms. The number of esters is 1. The number of aryl methyl sites for hydroxylation is 1. The average molecular weight is 445 g/mol. The molecule has 3 atom stereocenters. The lowest BCUT2D eigenvalue weighted by Crippen LogP contribution is -2.65. The van der Waals surface area contributed by atoms with Gasteiger partial charge in [-0.25, -0.2) is 14.0 Å². The van der Waals surface area contributed by atoms with Crippen molar-refractivity contribution in [2.45, 2.75) is 24.3 Å². The lowest BCUT2D eigenvalue weighted by Gasteiger charge is -2.50. The zero-order chi connectivity index (χ0) is 19.8. The van der Waals surface area contributed by atoms with Crippen molar-refractivity contribution in [2.24, 2.45) is 16.0 Å². The molecule has 150 valence electrons. The summed E-state index contributed by atoms with van der Waals surface area (Å²) in [7, 11) is 0. The Balaban J connectivity index is 1.38. The molecule has 0 bridgehead atoms. The topological polar surface area (TPSA) is 132 Å². The van der Waals surface area contributed by atoms with Crippen molar-refractivity contribution in [3.05, 3.63) is 33.9 Å². The highest BCUT2D eigenvalue weighted by Gasteiger charge is 2.55. The monoisotopic (exact) mass is 444 g/mol. The van der Waals surface area contributed by atoms with Crippen LogP contribution < -0.4 is 11.6 Å². The van der Waals surface area contributed by atoms with E-state index in [4.69, 9.17) is 19.3 Å². The van der Waals surface area contributed by atoms with Crippen LogP contribution in [0.1, 0.15) is 11.5 Å². The van der Waals surface area contributed by atoms with Gasteiger partial charge in [0.25, 0.3) is 0 Å². The Morgan fingerprint density at radius 1 is 1.50 bits per heavy atom. The first-order valence-corrected chi connectivity index (χ1v) is 11.0. The molecular formula is C15H16N4O6S3. The van der Waals surface area contributed by atoms with E-state index in [1.807, 2.05) is 4.31 Å². The summed E-state index contributed by atoms with van der Waals surface area (Å²) in [6, 6.07) is 0. The van der Waals surface area contributed by atoms with Gasteiger partial charge in [-0.2, -0.15) is 0 Å². The molecule has 3 aliphatic heterocycles. The normalized spacial score (nSPS) is 24.6. The maximum atomic E-state index is 12.7. The molecule has 3 aliphatic rings. The highest BCUT2D eigenvalue weighted by atomic mass is 32.2. The SMILES string of the molecule is Cc1oc(=O)oc1COC(=O)C1=CCS[C@H]2C(C(N)SN3C=NSC3)C(=O)N12. The van der Waals surface area contributed by atoms with E-state index in [1.54, 1.807) is 24.2 Å². The molecular weight excluding hydrogens is 428 g/mol. The van der Waals surface area contributed by atoms with E-state index in [0.717, 1.165) is 0 Å². The third-order valence-electron chi connectivity index (χ3n) is 4.31. The molecule has 10 nitrogen and oxygen atoms in total. The van der Waals surface area contributed by atoms with Gasteiger partial charge in [-0.1, -0.05) is 0 Å². The predicted octanol–water partition coefficient (Wildman–Crippen LogP) is 0.882. The van der Waals surface area contributed by atoms with Gasteiger partial charge < -0.3 is 19.3 Å². The predicted molar refractivity (Wildman–Crippen MR) is 105 cm³/mol. The van der Waals surface area contributed by atoms with E-state index >= 15 is 0 Å². The number of hydrogen-bond acceptors (Lipinski definition) is 12. The van der Waals surface area contributed by atoms with E-state index < -0.39 is 23.1 Å². The second-order valence-corrected chi connectivity index (χ2v) is 9.12. The van der Waals surface area contributed by atoms with Gasteiger partial charge in [0.05, 0.1) is 22.5 Å². The Morgan fingerprint density at radius 2 is 2.32 bits per heavy atom. The minimum Gasteiger partial charge on any atom is -0.453 e. The Morgan fingerprint density at radius 3 is 3.00 bits per heavy atom. The van der Waals surface area contributed by atoms with Crippen molar-refractivity contribution in [1.82, 2.24) is 9.21 Å². The molecule has 13 heteroatoms. The molecule has 1 aromatic rings. The second-order valence-electron chi connectivity index (χ2n) is 6.02. The fraction of sp³-hybridized carbons (Fsp3) is 0.467. The van der Waals surface area contributed by atoms with Gasteiger partial charge in [-0.3, -0.25) is 14.0 Å². The third kappa shape index (κ3) is 3.58. The number of fused-ring (bicyclic) bond motifs is 1. The van der Waals surface area contributed by atoms with Gasteiger partial charge >= 0.3 is 11.8 Å². The van der Waals surface area contributed by atoms with Crippen molar-refractivity contribution < 1.29 is 23.2 Å². The Kier molecular flexibility index (Phi) is 5.49. The van der Waals surface area contributed by atoms with Gasteiger partial charge in [0.1, 0.15) is 12.0 Å². The Hall–Kier alpha value is -1.83. The molecule has 0 aliphatic carbocycles. The number of ether oxygens (including phenoxy) is 1. The molecule has 0 aromatic carbocycles.